The van der Waals surface area contributed by atoms with Gasteiger partial charge in [-0.05, 0) is 19.4 Å². The molecule has 0 aromatic heterocycles. The summed E-state index contributed by atoms with van der Waals surface area (Å²) in [6.07, 6.45) is 3.61. The third-order valence-corrected chi connectivity index (χ3v) is 5.05. The van der Waals surface area contributed by atoms with Crippen molar-refractivity contribution in [3.05, 3.63) is 12.2 Å². The van der Waals surface area contributed by atoms with E-state index in [1.165, 1.54) is 13.2 Å². The molecule has 3 nitrogen and oxygen atoms in total. The first kappa shape index (κ1) is 14.0. The smallest absolute Gasteiger partial charge is 0.389 e. The average molecular weight is 257 g/mol. The van der Waals surface area contributed by atoms with Crippen molar-refractivity contribution in [2.45, 2.75) is 19.4 Å². The van der Waals surface area contributed by atoms with E-state index in [0.717, 1.165) is 0 Å². The van der Waals surface area contributed by atoms with Crippen molar-refractivity contribution in [2.24, 2.45) is 0 Å². The van der Waals surface area contributed by atoms with Crippen molar-refractivity contribution in [3.8, 4) is 0 Å². The zero-order chi connectivity index (χ0) is 11.0. The molecule has 0 atom stereocenters. The summed E-state index contributed by atoms with van der Waals surface area (Å²) >= 11 is 11.6. The number of halogens is 2. The molecule has 6 heteroatoms. The van der Waals surface area contributed by atoms with Gasteiger partial charge in [0.05, 0.1) is 6.61 Å². The third kappa shape index (κ3) is 7.38. The number of carbonyl (C=O) groups excluding carboxylic acids is 1. The van der Waals surface area contributed by atoms with E-state index in [1.807, 2.05) is 0 Å². The fourth-order valence-corrected chi connectivity index (χ4v) is 2.30. The number of ether oxygens (including phenoxy) is 1. The first-order chi connectivity index (χ1) is 6.52. The molecule has 0 aromatic carbocycles. The van der Waals surface area contributed by atoms with Gasteiger partial charge in [0.1, 0.15) is 0 Å². The zero-order valence-electron chi connectivity index (χ0n) is 8.26. The quantitative estimate of drug-likeness (QED) is 0.241. The second-order valence-electron chi connectivity index (χ2n) is 2.61. The Morgan fingerprint density at radius 2 is 2.14 bits per heavy atom. The zero-order valence-corrected chi connectivity index (χ0v) is 10.8. The average Bonchev–Trinajstić information content (AvgIpc) is 2.13. The number of hydrogen-bond acceptors (Lipinski definition) is 3. The molecule has 0 fully saturated rings. The van der Waals surface area contributed by atoms with Crippen LogP contribution in [0.4, 0.5) is 0 Å². The molecule has 0 N–H and O–H groups in total. The van der Waals surface area contributed by atoms with Gasteiger partial charge in [-0.1, -0.05) is 6.08 Å². The molecule has 0 aliphatic carbocycles. The first-order valence-corrected chi connectivity index (χ1v) is 8.38. The van der Waals surface area contributed by atoms with Crippen molar-refractivity contribution in [3.63, 3.8) is 0 Å². The molecule has 0 aromatic rings. The van der Waals surface area contributed by atoms with Gasteiger partial charge >= 0.3 is 12.9 Å². The molecule has 0 unspecified atom stereocenters. The largest absolute Gasteiger partial charge is 0.463 e. The Kier molecular flexibility index (Phi) is 7.27. The molecular formula is C8H14Cl2O3Si. The molecule has 82 valence electrons. The maximum atomic E-state index is 10.8. The number of rotatable bonds is 6. The van der Waals surface area contributed by atoms with E-state index in [0.29, 0.717) is 19.1 Å². The van der Waals surface area contributed by atoms with Gasteiger partial charge < -0.3 is 9.16 Å². The van der Waals surface area contributed by atoms with E-state index in [1.54, 1.807) is 13.0 Å². The molecule has 0 saturated heterocycles. The van der Waals surface area contributed by atoms with Gasteiger partial charge in [-0.25, -0.2) is 4.79 Å². The fraction of sp³-hybridized carbons (Fsp3) is 0.625. The van der Waals surface area contributed by atoms with Crippen molar-refractivity contribution in [1.82, 2.24) is 0 Å². The summed E-state index contributed by atoms with van der Waals surface area (Å²) in [7, 11) is 1.48. The highest BCUT2D eigenvalue weighted by atomic mass is 35.7. The van der Waals surface area contributed by atoms with Crippen LogP contribution in [0.3, 0.4) is 0 Å². The van der Waals surface area contributed by atoms with Gasteiger partial charge in [0.25, 0.3) is 0 Å². The van der Waals surface area contributed by atoms with Crippen molar-refractivity contribution in [1.29, 1.82) is 0 Å². The summed E-state index contributed by atoms with van der Waals surface area (Å²) in [5.41, 5.74) is 0. The summed E-state index contributed by atoms with van der Waals surface area (Å²) in [4.78, 5) is 10.8. The van der Waals surface area contributed by atoms with Gasteiger partial charge in [-0.15, -0.1) is 22.2 Å². The van der Waals surface area contributed by atoms with Gasteiger partial charge in [-0.2, -0.15) is 0 Å². The van der Waals surface area contributed by atoms with E-state index >= 15 is 0 Å². The van der Waals surface area contributed by atoms with E-state index in [2.05, 4.69) is 0 Å². The number of allylic oxidation sites excluding steroid dienone is 1. The number of carbonyl (C=O) groups is 1. The topological polar surface area (TPSA) is 35.5 Å². The van der Waals surface area contributed by atoms with Gasteiger partial charge in [0.15, 0.2) is 0 Å². The summed E-state index contributed by atoms with van der Waals surface area (Å²) < 4.78 is 9.75. The predicted molar refractivity (Wildman–Crippen MR) is 59.7 cm³/mol. The van der Waals surface area contributed by atoms with Crippen LogP contribution in [0.1, 0.15) is 13.3 Å². The van der Waals surface area contributed by atoms with Crippen LogP contribution in [0.5, 0.6) is 0 Å². The molecule has 0 aliphatic rings. The lowest BCUT2D eigenvalue weighted by Crippen LogP contribution is -2.22. The maximum absolute atomic E-state index is 10.8. The molecule has 0 saturated carbocycles. The lowest BCUT2D eigenvalue weighted by atomic mass is 10.5. The van der Waals surface area contributed by atoms with E-state index in [4.69, 9.17) is 31.3 Å². The molecule has 0 heterocycles. The lowest BCUT2D eigenvalue weighted by Gasteiger charge is -2.12. The Morgan fingerprint density at radius 1 is 1.50 bits per heavy atom. The second kappa shape index (κ2) is 7.28. The van der Waals surface area contributed by atoms with Crippen molar-refractivity contribution in [2.75, 3.05) is 13.7 Å². The van der Waals surface area contributed by atoms with Gasteiger partial charge in [0.2, 0.25) is 0 Å². The van der Waals surface area contributed by atoms with Crippen LogP contribution in [0, 0.1) is 0 Å². The Hall–Kier alpha value is -0.0331. The molecule has 0 aliphatic heterocycles. The molecule has 0 radical (unpaired) electrons. The Labute approximate surface area is 94.5 Å². The van der Waals surface area contributed by atoms with Crippen LogP contribution < -0.4 is 0 Å². The first-order valence-electron chi connectivity index (χ1n) is 4.24. The monoisotopic (exact) mass is 256 g/mol. The third-order valence-electron chi connectivity index (χ3n) is 1.46. The van der Waals surface area contributed by atoms with Gasteiger partial charge in [0, 0.05) is 13.2 Å². The maximum Gasteiger partial charge on any atom is 0.389 e. The minimum atomic E-state index is -2.53. The van der Waals surface area contributed by atoms with E-state index < -0.39 is 6.94 Å². The van der Waals surface area contributed by atoms with Crippen LogP contribution in [0.15, 0.2) is 12.2 Å². The highest BCUT2D eigenvalue weighted by molar-refractivity contribution is 7.42. The fourth-order valence-electron chi connectivity index (χ4n) is 0.737. The molecule has 0 bridgehead atoms. The summed E-state index contributed by atoms with van der Waals surface area (Å²) in [6, 6.07) is 0.551. The molecule has 14 heavy (non-hydrogen) atoms. The highest BCUT2D eigenvalue weighted by Gasteiger charge is 2.28. The number of esters is 1. The molecule has 0 rings (SSSR count). The summed E-state index contributed by atoms with van der Waals surface area (Å²) in [5.74, 6) is -0.346. The molecular weight excluding hydrogens is 243 g/mol. The highest BCUT2D eigenvalue weighted by Crippen LogP contribution is 2.22. The van der Waals surface area contributed by atoms with Crippen LogP contribution in [-0.4, -0.2) is 26.6 Å². The Balaban J connectivity index is 3.52. The number of hydrogen-bond donors (Lipinski definition) is 0. The van der Waals surface area contributed by atoms with Crippen LogP contribution in [0.25, 0.3) is 0 Å². The Morgan fingerprint density at radius 3 is 2.64 bits per heavy atom. The minimum absolute atomic E-state index is 0.320. The van der Waals surface area contributed by atoms with Crippen LogP contribution in [0.2, 0.25) is 6.04 Å². The van der Waals surface area contributed by atoms with E-state index in [9.17, 15) is 4.79 Å². The van der Waals surface area contributed by atoms with Crippen LogP contribution >= 0.6 is 22.2 Å². The van der Waals surface area contributed by atoms with Crippen LogP contribution in [-0.2, 0) is 14.0 Å². The van der Waals surface area contributed by atoms with Crippen molar-refractivity contribution < 1.29 is 14.0 Å². The Bertz CT molecular complexity index is 207. The minimum Gasteiger partial charge on any atom is -0.463 e. The van der Waals surface area contributed by atoms with Crippen molar-refractivity contribution >= 4 is 35.1 Å². The predicted octanol–water partition coefficient (Wildman–Crippen LogP) is 2.56. The second-order valence-corrected chi connectivity index (χ2v) is 9.04. The molecule has 0 spiro atoms. The normalized spacial score (nSPS) is 12.0. The molecule has 0 amide bonds. The summed E-state index contributed by atoms with van der Waals surface area (Å²) in [6.45, 7) is -0.461. The lowest BCUT2D eigenvalue weighted by molar-refractivity contribution is -0.137. The van der Waals surface area contributed by atoms with Gasteiger partial charge in [-0.3, -0.25) is 0 Å². The standard InChI is InChI=1S/C8H14Cl2O3Si/c1-3-5-8(11)13-6-4-7-14(9,10)12-2/h3,5H,4,6-7H2,1-2H3. The summed E-state index contributed by atoms with van der Waals surface area (Å²) in [5, 5.41) is 0. The van der Waals surface area contributed by atoms with E-state index in [-0.39, 0.29) is 5.97 Å². The SMILES string of the molecule is CC=CC(=O)OCCC[Si](Cl)(Cl)OC.